The van der Waals surface area contributed by atoms with Gasteiger partial charge in [0.15, 0.2) is 5.65 Å². The molecule has 0 spiro atoms. The van der Waals surface area contributed by atoms with Gasteiger partial charge in [0.1, 0.15) is 0 Å². The Bertz CT molecular complexity index is 1740. The number of carbonyl (C=O) groups is 1. The largest absolute Gasteiger partial charge is 0.353 e. The molecule has 0 saturated heterocycles. The van der Waals surface area contributed by atoms with Crippen molar-refractivity contribution >= 4 is 33.5 Å². The van der Waals surface area contributed by atoms with Crippen molar-refractivity contribution in [1.29, 1.82) is 0 Å². The van der Waals surface area contributed by atoms with E-state index in [2.05, 4.69) is 59.7 Å². The Labute approximate surface area is 212 Å². The van der Waals surface area contributed by atoms with Crippen LogP contribution in [0.15, 0.2) is 79.5 Å². The Morgan fingerprint density at radius 1 is 0.919 bits per heavy atom. The van der Waals surface area contributed by atoms with Crippen molar-refractivity contribution in [1.82, 2.24) is 35.0 Å². The van der Waals surface area contributed by atoms with E-state index in [9.17, 15) is 4.79 Å². The van der Waals surface area contributed by atoms with E-state index < -0.39 is 0 Å². The van der Waals surface area contributed by atoms with Crippen LogP contribution in [0.3, 0.4) is 0 Å². The molecule has 0 fully saturated rings. The fourth-order valence-electron chi connectivity index (χ4n) is 4.48. The third-order valence-corrected chi connectivity index (χ3v) is 6.13. The molecule has 9 nitrogen and oxygen atoms in total. The number of fused-ring (bicyclic) bond motifs is 2. The van der Waals surface area contributed by atoms with Gasteiger partial charge in [-0.25, -0.2) is 4.98 Å². The lowest BCUT2D eigenvalue weighted by Gasteiger charge is -2.10. The molecule has 0 unspecified atom stereocenters. The molecule has 0 aliphatic rings. The van der Waals surface area contributed by atoms with Crippen molar-refractivity contribution < 1.29 is 4.79 Å². The van der Waals surface area contributed by atoms with Gasteiger partial charge >= 0.3 is 0 Å². The van der Waals surface area contributed by atoms with Crippen LogP contribution in [0.2, 0.25) is 0 Å². The van der Waals surface area contributed by atoms with Crippen LogP contribution in [-0.4, -0.2) is 61.6 Å². The summed E-state index contributed by atoms with van der Waals surface area (Å²) in [6.45, 7) is 0.295. The van der Waals surface area contributed by atoms with Crippen molar-refractivity contribution in [2.45, 2.75) is 0 Å². The summed E-state index contributed by atoms with van der Waals surface area (Å²) >= 11 is 0. The highest BCUT2D eigenvalue weighted by Crippen LogP contribution is 2.34. The molecule has 0 radical (unpaired) electrons. The number of likely N-dealkylation sites (N-methyl/N-ethyl adjacent to an activating group) is 1. The number of aromatic nitrogens is 6. The zero-order valence-corrected chi connectivity index (χ0v) is 20.4. The van der Waals surface area contributed by atoms with E-state index in [0.29, 0.717) is 17.9 Å². The third-order valence-electron chi connectivity index (χ3n) is 6.13. The van der Waals surface area contributed by atoms with Gasteiger partial charge in [-0.2, -0.15) is 5.10 Å². The zero-order chi connectivity index (χ0) is 25.4. The number of pyridine rings is 3. The van der Waals surface area contributed by atoms with E-state index in [4.69, 9.17) is 0 Å². The van der Waals surface area contributed by atoms with E-state index in [1.165, 1.54) is 0 Å². The van der Waals surface area contributed by atoms with Crippen molar-refractivity contribution in [3.05, 3.63) is 79.5 Å². The summed E-state index contributed by atoms with van der Waals surface area (Å²) in [6.07, 6.45) is 8.80. The minimum absolute atomic E-state index is 0.0980. The quantitative estimate of drug-likeness (QED) is 0.312. The average molecular weight is 489 g/mol. The molecule has 0 saturated carbocycles. The lowest BCUT2D eigenvalue weighted by Crippen LogP contribution is -2.27. The highest BCUT2D eigenvalue weighted by Gasteiger charge is 2.15. The zero-order valence-electron chi connectivity index (χ0n) is 20.4. The highest BCUT2D eigenvalue weighted by molar-refractivity contribution is 6.01. The molecule has 9 heteroatoms. The molecule has 37 heavy (non-hydrogen) atoms. The molecule has 5 heterocycles. The predicted octanol–water partition coefficient (Wildman–Crippen LogP) is 4.73. The fourth-order valence-corrected chi connectivity index (χ4v) is 4.48. The standard InChI is InChI=1S/C28H24N8O/c1-36(2)16-26(37)32-20-9-18(13-30-15-20)19-10-23-27(34-35-28(23)31-14-19)25-11-22-21(6-3-7-24(22)33-25)17-5-4-8-29-12-17/h3-15,33H,16H2,1-2H3,(H,32,37)(H,31,34,35). The molecular weight excluding hydrogens is 464 g/mol. The van der Waals surface area contributed by atoms with Gasteiger partial charge in [0.25, 0.3) is 0 Å². The first kappa shape index (κ1) is 22.6. The smallest absolute Gasteiger partial charge is 0.238 e. The number of amides is 1. The molecule has 5 aromatic heterocycles. The molecule has 0 aliphatic carbocycles. The predicted molar refractivity (Wildman–Crippen MR) is 145 cm³/mol. The maximum atomic E-state index is 12.2. The van der Waals surface area contributed by atoms with E-state index in [-0.39, 0.29) is 5.91 Å². The molecule has 6 rings (SSSR count). The van der Waals surface area contributed by atoms with Crippen molar-refractivity contribution in [3.63, 3.8) is 0 Å². The molecule has 3 N–H and O–H groups in total. The summed E-state index contributed by atoms with van der Waals surface area (Å²) < 4.78 is 0. The van der Waals surface area contributed by atoms with Gasteiger partial charge in [0.05, 0.1) is 29.8 Å². The summed E-state index contributed by atoms with van der Waals surface area (Å²) in [5.41, 5.74) is 7.92. The van der Waals surface area contributed by atoms with Crippen LogP contribution in [0.1, 0.15) is 0 Å². The molecule has 1 aromatic carbocycles. The van der Waals surface area contributed by atoms with Crippen molar-refractivity contribution in [2.75, 3.05) is 26.0 Å². The Kier molecular flexibility index (Phi) is 5.66. The first-order valence-corrected chi connectivity index (χ1v) is 11.8. The van der Waals surface area contributed by atoms with Gasteiger partial charge in [0.2, 0.25) is 5.91 Å². The minimum atomic E-state index is -0.0980. The Morgan fingerprint density at radius 2 is 1.78 bits per heavy atom. The van der Waals surface area contributed by atoms with Gasteiger partial charge in [-0.3, -0.25) is 19.9 Å². The van der Waals surface area contributed by atoms with Gasteiger partial charge in [-0.15, -0.1) is 0 Å². The SMILES string of the molecule is CN(C)CC(=O)Nc1cncc(-c2cnc3n[nH]c(-c4cc5c(-c6cccnc6)cccc5[nH]4)c3c2)c1. The maximum Gasteiger partial charge on any atom is 0.238 e. The molecule has 0 aliphatic heterocycles. The summed E-state index contributed by atoms with van der Waals surface area (Å²) in [7, 11) is 3.70. The Balaban J connectivity index is 1.38. The van der Waals surface area contributed by atoms with Crippen molar-refractivity contribution in [3.8, 4) is 33.6 Å². The highest BCUT2D eigenvalue weighted by atomic mass is 16.2. The molecule has 0 atom stereocenters. The Hall–Kier alpha value is -4.89. The number of nitrogens with zero attached hydrogens (tertiary/aromatic N) is 5. The summed E-state index contributed by atoms with van der Waals surface area (Å²) in [5, 5.41) is 12.5. The van der Waals surface area contributed by atoms with E-state index in [0.717, 1.165) is 49.9 Å². The van der Waals surface area contributed by atoms with E-state index in [1.54, 1.807) is 24.8 Å². The van der Waals surface area contributed by atoms with E-state index >= 15 is 0 Å². The number of nitrogens with one attached hydrogen (secondary N) is 3. The second-order valence-corrected chi connectivity index (χ2v) is 9.13. The van der Waals surface area contributed by atoms with Crippen LogP contribution in [0.5, 0.6) is 0 Å². The lowest BCUT2D eigenvalue weighted by molar-refractivity contribution is -0.116. The average Bonchev–Trinajstić information content (AvgIpc) is 3.52. The summed E-state index contributed by atoms with van der Waals surface area (Å²) in [5.74, 6) is -0.0980. The topological polar surface area (TPSA) is 115 Å². The number of rotatable bonds is 6. The van der Waals surface area contributed by atoms with Crippen LogP contribution in [0.25, 0.3) is 55.6 Å². The molecular formula is C28H24N8O. The molecule has 182 valence electrons. The Morgan fingerprint density at radius 3 is 2.62 bits per heavy atom. The fraction of sp³-hybridized carbons (Fsp3) is 0.107. The van der Waals surface area contributed by atoms with Crippen LogP contribution < -0.4 is 5.32 Å². The van der Waals surface area contributed by atoms with Crippen LogP contribution in [0.4, 0.5) is 5.69 Å². The third kappa shape index (κ3) is 4.43. The molecule has 0 bridgehead atoms. The van der Waals surface area contributed by atoms with Crippen LogP contribution in [-0.2, 0) is 4.79 Å². The number of benzene rings is 1. The number of hydrogen-bond donors (Lipinski definition) is 3. The summed E-state index contributed by atoms with van der Waals surface area (Å²) in [6, 6.07) is 16.2. The molecule has 1 amide bonds. The molecule has 6 aromatic rings. The second-order valence-electron chi connectivity index (χ2n) is 9.13. The number of hydrogen-bond acceptors (Lipinski definition) is 6. The maximum absolute atomic E-state index is 12.2. The summed E-state index contributed by atoms with van der Waals surface area (Å²) in [4.78, 5) is 30.7. The van der Waals surface area contributed by atoms with Crippen LogP contribution in [0, 0.1) is 0 Å². The van der Waals surface area contributed by atoms with Gasteiger partial charge in [0, 0.05) is 57.8 Å². The number of carbonyl (C=O) groups excluding carboxylic acids is 1. The normalized spacial score (nSPS) is 11.4. The lowest BCUT2D eigenvalue weighted by atomic mass is 10.0. The number of H-pyrrole nitrogens is 2. The van der Waals surface area contributed by atoms with Gasteiger partial charge < -0.3 is 15.2 Å². The monoisotopic (exact) mass is 488 g/mol. The second kappa shape index (κ2) is 9.29. The minimum Gasteiger partial charge on any atom is -0.353 e. The first-order valence-electron chi connectivity index (χ1n) is 11.8. The first-order chi connectivity index (χ1) is 18.0. The number of aromatic amines is 2. The number of anilines is 1. The van der Waals surface area contributed by atoms with Gasteiger partial charge in [-0.1, -0.05) is 18.2 Å². The van der Waals surface area contributed by atoms with E-state index in [1.807, 2.05) is 49.5 Å². The van der Waals surface area contributed by atoms with Crippen molar-refractivity contribution in [2.24, 2.45) is 0 Å². The van der Waals surface area contributed by atoms with Crippen LogP contribution >= 0.6 is 0 Å². The van der Waals surface area contributed by atoms with Gasteiger partial charge in [-0.05, 0) is 50.0 Å².